The van der Waals surface area contributed by atoms with Crippen LogP contribution in [-0.2, 0) is 17.9 Å². The number of aryl methyl sites for hydroxylation is 1. The molecule has 0 fully saturated rings. The normalized spacial score (nSPS) is 11.2. The summed E-state index contributed by atoms with van der Waals surface area (Å²) in [7, 11) is 0. The summed E-state index contributed by atoms with van der Waals surface area (Å²) in [5.74, 6) is -0.219. The molecule has 4 rings (SSSR count). The van der Waals surface area contributed by atoms with Crippen LogP contribution in [-0.4, -0.2) is 20.4 Å². The minimum absolute atomic E-state index is 0.0540. The molecule has 7 heteroatoms. The highest BCUT2D eigenvalue weighted by atomic mass is 32.1. The summed E-state index contributed by atoms with van der Waals surface area (Å²) >= 11 is 1.58. The molecule has 1 aromatic carbocycles. The summed E-state index contributed by atoms with van der Waals surface area (Å²) in [6, 6.07) is 9.81. The first kappa shape index (κ1) is 15.6. The molecule has 0 saturated heterocycles. The highest BCUT2D eigenvalue weighted by Gasteiger charge is 2.12. The van der Waals surface area contributed by atoms with Gasteiger partial charge in [0.05, 0.1) is 12.9 Å². The summed E-state index contributed by atoms with van der Waals surface area (Å²) in [4.78, 5) is 33.3. The van der Waals surface area contributed by atoms with Crippen molar-refractivity contribution < 1.29 is 4.79 Å². The Labute approximate surface area is 147 Å². The fourth-order valence-corrected chi connectivity index (χ4v) is 3.47. The Balaban J connectivity index is 1.62. The topological polar surface area (TPSA) is 79.8 Å². The molecule has 2 N–H and O–H groups in total. The number of carbonyl (C=O) groups excluding carboxylic acids is 1. The molecule has 0 aliphatic rings. The third-order valence-corrected chi connectivity index (χ3v) is 4.96. The maximum Gasteiger partial charge on any atom is 0.278 e. The van der Waals surface area contributed by atoms with Crippen LogP contribution >= 0.6 is 11.3 Å². The van der Waals surface area contributed by atoms with E-state index in [0.29, 0.717) is 17.6 Å². The quantitative estimate of drug-likeness (QED) is 0.592. The molecule has 0 radical (unpaired) electrons. The van der Waals surface area contributed by atoms with E-state index in [2.05, 4.69) is 15.3 Å². The van der Waals surface area contributed by atoms with Crippen LogP contribution in [0.25, 0.3) is 21.9 Å². The van der Waals surface area contributed by atoms with Crippen molar-refractivity contribution in [2.24, 2.45) is 0 Å². The molecule has 0 aliphatic heterocycles. The maximum atomic E-state index is 12.7. The SMILES string of the molecule is Cc1ccc2[nH]c3c(=O)n(CC(=O)NCc4cccs4)cnc3c2c1. The van der Waals surface area contributed by atoms with Gasteiger partial charge in [0.2, 0.25) is 5.91 Å². The number of aromatic amines is 1. The lowest BCUT2D eigenvalue weighted by molar-refractivity contribution is -0.121. The fourth-order valence-electron chi connectivity index (χ4n) is 2.83. The van der Waals surface area contributed by atoms with Crippen molar-refractivity contribution in [3.63, 3.8) is 0 Å². The number of carbonyl (C=O) groups is 1. The lowest BCUT2D eigenvalue weighted by Crippen LogP contribution is -2.32. The van der Waals surface area contributed by atoms with Gasteiger partial charge in [0.1, 0.15) is 17.6 Å². The number of H-pyrrole nitrogens is 1. The average molecular weight is 352 g/mol. The van der Waals surface area contributed by atoms with Crippen molar-refractivity contribution in [2.45, 2.75) is 20.0 Å². The second kappa shape index (κ2) is 6.18. The molecular formula is C18H16N4O2S. The second-order valence-corrected chi connectivity index (χ2v) is 6.96. The zero-order valence-corrected chi connectivity index (χ0v) is 14.4. The highest BCUT2D eigenvalue weighted by Crippen LogP contribution is 2.22. The molecule has 0 saturated carbocycles. The van der Waals surface area contributed by atoms with E-state index in [-0.39, 0.29) is 18.0 Å². The number of rotatable bonds is 4. The van der Waals surface area contributed by atoms with E-state index < -0.39 is 0 Å². The summed E-state index contributed by atoms with van der Waals surface area (Å²) in [6.45, 7) is 2.41. The molecule has 25 heavy (non-hydrogen) atoms. The molecule has 3 aromatic heterocycles. The second-order valence-electron chi connectivity index (χ2n) is 5.93. The largest absolute Gasteiger partial charge is 0.350 e. The van der Waals surface area contributed by atoms with Gasteiger partial charge in [-0.2, -0.15) is 0 Å². The number of hydrogen-bond donors (Lipinski definition) is 2. The number of nitrogens with one attached hydrogen (secondary N) is 2. The number of aromatic nitrogens is 3. The Morgan fingerprint density at radius 2 is 2.24 bits per heavy atom. The zero-order valence-electron chi connectivity index (χ0n) is 13.6. The first-order valence-corrected chi connectivity index (χ1v) is 8.76. The van der Waals surface area contributed by atoms with Crippen LogP contribution in [0, 0.1) is 6.92 Å². The summed E-state index contributed by atoms with van der Waals surface area (Å²) in [5.41, 5.74) is 2.79. The summed E-state index contributed by atoms with van der Waals surface area (Å²) < 4.78 is 1.33. The number of fused-ring (bicyclic) bond motifs is 3. The third-order valence-electron chi connectivity index (χ3n) is 4.08. The number of benzene rings is 1. The Morgan fingerprint density at radius 3 is 3.04 bits per heavy atom. The number of nitrogens with zero attached hydrogens (tertiary/aromatic N) is 2. The standard InChI is InChI=1S/C18H16N4O2S/c1-11-4-5-14-13(7-11)16-17(21-14)18(24)22(10-20-16)9-15(23)19-8-12-3-2-6-25-12/h2-7,10,21H,8-9H2,1H3,(H,19,23). The molecule has 0 unspecified atom stereocenters. The zero-order chi connectivity index (χ0) is 17.4. The minimum Gasteiger partial charge on any atom is -0.350 e. The van der Waals surface area contributed by atoms with Crippen LogP contribution in [0.15, 0.2) is 46.8 Å². The van der Waals surface area contributed by atoms with Crippen LogP contribution in [0.3, 0.4) is 0 Å². The molecule has 0 bridgehead atoms. The summed E-state index contributed by atoms with van der Waals surface area (Å²) in [6.07, 6.45) is 1.44. The van der Waals surface area contributed by atoms with Crippen LogP contribution in [0.2, 0.25) is 0 Å². The van der Waals surface area contributed by atoms with Gasteiger partial charge >= 0.3 is 0 Å². The Bertz CT molecular complexity index is 1130. The average Bonchev–Trinajstić information content (AvgIpc) is 3.23. The Hall–Kier alpha value is -2.93. The van der Waals surface area contributed by atoms with Gasteiger partial charge in [-0.15, -0.1) is 11.3 Å². The molecular weight excluding hydrogens is 336 g/mol. The molecule has 0 spiro atoms. The van der Waals surface area contributed by atoms with Crippen LogP contribution in [0.5, 0.6) is 0 Å². The summed E-state index contributed by atoms with van der Waals surface area (Å²) in [5, 5.41) is 5.69. The Morgan fingerprint density at radius 1 is 1.36 bits per heavy atom. The van der Waals surface area contributed by atoms with Gasteiger partial charge in [0.25, 0.3) is 5.56 Å². The van der Waals surface area contributed by atoms with E-state index in [4.69, 9.17) is 0 Å². The van der Waals surface area contributed by atoms with Crippen molar-refractivity contribution in [1.29, 1.82) is 0 Å². The lowest BCUT2D eigenvalue weighted by atomic mass is 10.2. The Kier molecular flexibility index (Phi) is 3.85. The molecule has 0 aliphatic carbocycles. The first-order valence-electron chi connectivity index (χ1n) is 7.88. The van der Waals surface area contributed by atoms with Crippen molar-refractivity contribution in [1.82, 2.24) is 19.9 Å². The molecule has 4 aromatic rings. The predicted molar refractivity (Wildman–Crippen MR) is 98.8 cm³/mol. The van der Waals surface area contributed by atoms with E-state index in [1.54, 1.807) is 11.3 Å². The van der Waals surface area contributed by atoms with Crippen LogP contribution < -0.4 is 10.9 Å². The van der Waals surface area contributed by atoms with Crippen molar-refractivity contribution >= 4 is 39.2 Å². The fraction of sp³-hybridized carbons (Fsp3) is 0.167. The van der Waals surface area contributed by atoms with Gasteiger partial charge in [-0.3, -0.25) is 14.2 Å². The highest BCUT2D eigenvalue weighted by molar-refractivity contribution is 7.09. The molecule has 3 heterocycles. The van der Waals surface area contributed by atoms with Crippen molar-refractivity contribution in [3.8, 4) is 0 Å². The van der Waals surface area contributed by atoms with E-state index in [0.717, 1.165) is 21.3 Å². The van der Waals surface area contributed by atoms with E-state index in [1.807, 2.05) is 42.6 Å². The molecule has 1 amide bonds. The van der Waals surface area contributed by atoms with Gasteiger partial charge < -0.3 is 10.3 Å². The van der Waals surface area contributed by atoms with Crippen molar-refractivity contribution in [3.05, 3.63) is 62.8 Å². The molecule has 0 atom stereocenters. The number of amides is 1. The van der Waals surface area contributed by atoms with Crippen LogP contribution in [0.4, 0.5) is 0 Å². The van der Waals surface area contributed by atoms with E-state index in [1.165, 1.54) is 10.9 Å². The first-order chi connectivity index (χ1) is 12.1. The number of thiophene rings is 1. The van der Waals surface area contributed by atoms with Gasteiger partial charge in [-0.25, -0.2) is 4.98 Å². The van der Waals surface area contributed by atoms with Crippen LogP contribution in [0.1, 0.15) is 10.4 Å². The van der Waals surface area contributed by atoms with Gasteiger partial charge in [0.15, 0.2) is 0 Å². The minimum atomic E-state index is -0.245. The maximum absolute atomic E-state index is 12.7. The predicted octanol–water partition coefficient (Wildman–Crippen LogP) is 2.56. The van der Waals surface area contributed by atoms with Crippen molar-refractivity contribution in [2.75, 3.05) is 0 Å². The smallest absolute Gasteiger partial charge is 0.278 e. The van der Waals surface area contributed by atoms with Gasteiger partial charge in [-0.1, -0.05) is 17.7 Å². The van der Waals surface area contributed by atoms with Gasteiger partial charge in [0, 0.05) is 15.8 Å². The number of hydrogen-bond acceptors (Lipinski definition) is 4. The molecule has 6 nitrogen and oxygen atoms in total. The lowest BCUT2D eigenvalue weighted by Gasteiger charge is -2.06. The van der Waals surface area contributed by atoms with Gasteiger partial charge in [-0.05, 0) is 30.5 Å². The van der Waals surface area contributed by atoms with E-state index >= 15 is 0 Å². The monoisotopic (exact) mass is 352 g/mol. The van der Waals surface area contributed by atoms with E-state index in [9.17, 15) is 9.59 Å². The molecule has 126 valence electrons. The third kappa shape index (κ3) is 2.94.